The van der Waals surface area contributed by atoms with Crippen molar-refractivity contribution in [3.8, 4) is 0 Å². The van der Waals surface area contributed by atoms with Crippen molar-refractivity contribution in [1.82, 2.24) is 10.2 Å². The van der Waals surface area contributed by atoms with Crippen LogP contribution >= 0.6 is 35.6 Å². The van der Waals surface area contributed by atoms with Gasteiger partial charge in [-0.2, -0.15) is 0 Å². The topological polar surface area (TPSA) is 53.6 Å². The second kappa shape index (κ2) is 10.3. The number of benzene rings is 1. The first-order chi connectivity index (χ1) is 10.2. The fraction of sp³-hybridized carbons (Fsp3) is 0.562. The van der Waals surface area contributed by atoms with Gasteiger partial charge in [0.15, 0.2) is 5.96 Å². The summed E-state index contributed by atoms with van der Waals surface area (Å²) in [7, 11) is 0. The van der Waals surface area contributed by atoms with E-state index in [1.54, 1.807) is 0 Å². The highest BCUT2D eigenvalue weighted by molar-refractivity contribution is 14.0. The van der Waals surface area contributed by atoms with Crippen LogP contribution in [0.1, 0.15) is 25.3 Å². The van der Waals surface area contributed by atoms with E-state index in [1.165, 1.54) is 19.4 Å². The van der Waals surface area contributed by atoms with Crippen molar-refractivity contribution in [3.63, 3.8) is 0 Å². The molecule has 1 aromatic carbocycles. The van der Waals surface area contributed by atoms with E-state index in [0.29, 0.717) is 12.0 Å². The monoisotopic (exact) mass is 436 g/mol. The Kier molecular flexibility index (Phi) is 9.12. The summed E-state index contributed by atoms with van der Waals surface area (Å²) in [6, 6.07) is 8.44. The molecule has 0 amide bonds. The molecule has 0 bridgehead atoms. The molecule has 2 rings (SSSR count). The lowest BCUT2D eigenvalue weighted by molar-refractivity contribution is 0.273. The van der Waals surface area contributed by atoms with Gasteiger partial charge in [-0.3, -0.25) is 9.89 Å². The zero-order chi connectivity index (χ0) is 15.1. The van der Waals surface area contributed by atoms with Gasteiger partial charge in [0, 0.05) is 17.6 Å². The molecule has 1 aliphatic heterocycles. The van der Waals surface area contributed by atoms with Crippen LogP contribution in [0.5, 0.6) is 0 Å². The zero-order valence-electron chi connectivity index (χ0n) is 13.1. The summed E-state index contributed by atoms with van der Waals surface area (Å²) in [6.45, 7) is 6.03. The van der Waals surface area contributed by atoms with Crippen LogP contribution in [-0.2, 0) is 6.42 Å². The Morgan fingerprint density at radius 3 is 2.95 bits per heavy atom. The number of nitrogens with zero attached hydrogens (tertiary/aromatic N) is 2. The van der Waals surface area contributed by atoms with E-state index >= 15 is 0 Å². The summed E-state index contributed by atoms with van der Waals surface area (Å²) in [4.78, 5) is 6.94. The zero-order valence-corrected chi connectivity index (χ0v) is 16.2. The van der Waals surface area contributed by atoms with Crippen molar-refractivity contribution < 1.29 is 0 Å². The maximum atomic E-state index is 6.12. The van der Waals surface area contributed by atoms with Crippen LogP contribution in [0.2, 0.25) is 5.02 Å². The molecule has 22 heavy (non-hydrogen) atoms. The average Bonchev–Trinajstić information content (AvgIpc) is 2.94. The van der Waals surface area contributed by atoms with Crippen molar-refractivity contribution >= 4 is 41.5 Å². The van der Waals surface area contributed by atoms with E-state index < -0.39 is 0 Å². The maximum absolute atomic E-state index is 6.12. The van der Waals surface area contributed by atoms with E-state index in [9.17, 15) is 0 Å². The van der Waals surface area contributed by atoms with Crippen LogP contribution < -0.4 is 11.1 Å². The highest BCUT2D eigenvalue weighted by Crippen LogP contribution is 2.16. The SMILES string of the molecule is CCN1CCCC1CN=C(N)NCCc1ccccc1Cl.I. The summed E-state index contributed by atoms with van der Waals surface area (Å²) in [5.74, 6) is 0.532. The smallest absolute Gasteiger partial charge is 0.188 e. The van der Waals surface area contributed by atoms with Gasteiger partial charge in [0.25, 0.3) is 0 Å². The van der Waals surface area contributed by atoms with Crippen molar-refractivity contribution in [3.05, 3.63) is 34.9 Å². The Morgan fingerprint density at radius 1 is 1.45 bits per heavy atom. The second-order valence-electron chi connectivity index (χ2n) is 5.42. The molecule has 0 aliphatic carbocycles. The standard InChI is InChI=1S/C16H25ClN4.HI/c1-2-21-11-5-7-14(21)12-20-16(18)19-10-9-13-6-3-4-8-15(13)17;/h3-4,6,8,14H,2,5,7,9-12H2,1H3,(H3,18,19,20);1H. The molecule has 0 aromatic heterocycles. The summed E-state index contributed by atoms with van der Waals surface area (Å²) in [5.41, 5.74) is 7.06. The third kappa shape index (κ3) is 5.93. The number of nitrogens with one attached hydrogen (secondary N) is 1. The van der Waals surface area contributed by atoms with Crippen LogP contribution in [-0.4, -0.2) is 43.1 Å². The number of hydrogen-bond acceptors (Lipinski definition) is 2. The second-order valence-corrected chi connectivity index (χ2v) is 5.83. The van der Waals surface area contributed by atoms with E-state index in [2.05, 4.69) is 22.1 Å². The van der Waals surface area contributed by atoms with Gasteiger partial charge in [-0.1, -0.05) is 36.7 Å². The molecule has 124 valence electrons. The molecule has 4 nitrogen and oxygen atoms in total. The summed E-state index contributed by atoms with van der Waals surface area (Å²) < 4.78 is 0. The number of likely N-dealkylation sites (N-methyl/N-ethyl adjacent to an activating group) is 1. The molecule has 0 spiro atoms. The molecule has 1 atom stereocenters. The van der Waals surface area contributed by atoms with Gasteiger partial charge in [-0.05, 0) is 44.0 Å². The predicted molar refractivity (Wildman–Crippen MR) is 105 cm³/mol. The first-order valence-electron chi connectivity index (χ1n) is 7.72. The number of aliphatic imine (C=N–C) groups is 1. The highest BCUT2D eigenvalue weighted by atomic mass is 127. The molecule has 1 aliphatic rings. The molecular weight excluding hydrogens is 411 g/mol. The summed E-state index contributed by atoms with van der Waals surface area (Å²) in [6.07, 6.45) is 3.35. The molecular formula is C16H26ClIN4. The number of rotatable bonds is 6. The summed E-state index contributed by atoms with van der Waals surface area (Å²) in [5, 5.41) is 3.97. The van der Waals surface area contributed by atoms with E-state index in [-0.39, 0.29) is 24.0 Å². The quantitative estimate of drug-likeness (QED) is 0.410. The molecule has 3 N–H and O–H groups in total. The summed E-state index contributed by atoms with van der Waals surface area (Å²) >= 11 is 6.12. The van der Waals surface area contributed by atoms with Crippen LogP contribution in [0.3, 0.4) is 0 Å². The van der Waals surface area contributed by atoms with Gasteiger partial charge >= 0.3 is 0 Å². The van der Waals surface area contributed by atoms with Crippen LogP contribution in [0.4, 0.5) is 0 Å². The first-order valence-corrected chi connectivity index (χ1v) is 8.09. The van der Waals surface area contributed by atoms with Crippen molar-refractivity contribution in [2.45, 2.75) is 32.2 Å². The minimum atomic E-state index is 0. The van der Waals surface area contributed by atoms with Gasteiger partial charge in [0.1, 0.15) is 0 Å². The van der Waals surface area contributed by atoms with Crippen LogP contribution in [0, 0.1) is 0 Å². The number of halogens is 2. The lowest BCUT2D eigenvalue weighted by Gasteiger charge is -2.20. The minimum Gasteiger partial charge on any atom is -0.370 e. The Bertz CT molecular complexity index is 481. The highest BCUT2D eigenvalue weighted by Gasteiger charge is 2.22. The molecule has 6 heteroatoms. The van der Waals surface area contributed by atoms with Crippen LogP contribution in [0.25, 0.3) is 0 Å². The Hall–Kier alpha value is -0.530. The number of hydrogen-bond donors (Lipinski definition) is 2. The Morgan fingerprint density at radius 2 is 2.23 bits per heavy atom. The largest absolute Gasteiger partial charge is 0.370 e. The van der Waals surface area contributed by atoms with Gasteiger partial charge < -0.3 is 11.1 Å². The average molecular weight is 437 g/mol. The minimum absolute atomic E-state index is 0. The normalized spacial score (nSPS) is 19.0. The third-order valence-electron chi connectivity index (χ3n) is 4.04. The first kappa shape index (κ1) is 19.5. The molecule has 0 saturated carbocycles. The molecule has 1 unspecified atom stereocenters. The predicted octanol–water partition coefficient (Wildman–Crippen LogP) is 2.89. The van der Waals surface area contributed by atoms with Crippen LogP contribution in [0.15, 0.2) is 29.3 Å². The number of guanidine groups is 1. The maximum Gasteiger partial charge on any atom is 0.188 e. The van der Waals surface area contributed by atoms with Gasteiger partial charge in [-0.15, -0.1) is 24.0 Å². The van der Waals surface area contributed by atoms with Crippen molar-refractivity contribution in [1.29, 1.82) is 0 Å². The van der Waals surface area contributed by atoms with Crippen molar-refractivity contribution in [2.75, 3.05) is 26.2 Å². The molecule has 1 fully saturated rings. The third-order valence-corrected chi connectivity index (χ3v) is 4.40. The number of likely N-dealkylation sites (tertiary alicyclic amines) is 1. The van der Waals surface area contributed by atoms with Gasteiger partial charge in [-0.25, -0.2) is 0 Å². The molecule has 1 heterocycles. The Balaban J connectivity index is 0.00000242. The lowest BCUT2D eigenvalue weighted by Crippen LogP contribution is -2.36. The van der Waals surface area contributed by atoms with Gasteiger partial charge in [0.05, 0.1) is 6.54 Å². The lowest BCUT2D eigenvalue weighted by atomic mass is 10.1. The number of nitrogens with two attached hydrogens (primary N) is 1. The van der Waals surface area contributed by atoms with Crippen molar-refractivity contribution in [2.24, 2.45) is 10.7 Å². The van der Waals surface area contributed by atoms with E-state index in [4.69, 9.17) is 17.3 Å². The van der Waals surface area contributed by atoms with E-state index in [1.807, 2.05) is 24.3 Å². The van der Waals surface area contributed by atoms with E-state index in [0.717, 1.165) is 36.6 Å². The molecule has 1 saturated heterocycles. The fourth-order valence-corrected chi connectivity index (χ4v) is 3.03. The Labute approximate surface area is 155 Å². The van der Waals surface area contributed by atoms with Gasteiger partial charge in [0.2, 0.25) is 0 Å². The molecule has 0 radical (unpaired) electrons. The molecule has 1 aromatic rings. The fourth-order valence-electron chi connectivity index (χ4n) is 2.80.